The van der Waals surface area contributed by atoms with Crippen molar-refractivity contribution in [2.75, 3.05) is 12.9 Å². The molecule has 3 rings (SSSR count). The van der Waals surface area contributed by atoms with Gasteiger partial charge in [-0.1, -0.05) is 35.2 Å². The Bertz CT molecular complexity index is 883. The summed E-state index contributed by atoms with van der Waals surface area (Å²) >= 11 is 2.72. The summed E-state index contributed by atoms with van der Waals surface area (Å²) < 4.78 is 5.50. The molecule has 0 aliphatic rings. The molecule has 0 radical (unpaired) electrons. The largest absolute Gasteiger partial charge is 0.510 e. The first-order chi connectivity index (χ1) is 11.6. The minimum atomic E-state index is -0.652. The van der Waals surface area contributed by atoms with Gasteiger partial charge in [0.05, 0.1) is 23.9 Å². The summed E-state index contributed by atoms with van der Waals surface area (Å²) in [6.45, 7) is 1.85. The summed E-state index contributed by atoms with van der Waals surface area (Å²) in [6.07, 6.45) is 0. The van der Waals surface area contributed by atoms with E-state index in [1.807, 2.05) is 31.2 Å². The number of aliphatic hydroxyl groups excluding tert-OH is 1. The van der Waals surface area contributed by atoms with Gasteiger partial charge in [0.25, 0.3) is 0 Å². The zero-order valence-corrected chi connectivity index (χ0v) is 14.6. The lowest BCUT2D eigenvalue weighted by Gasteiger charge is -2.06. The van der Waals surface area contributed by atoms with Crippen LogP contribution in [0.5, 0.6) is 0 Å². The number of carbonyl (C=O) groups is 1. The number of imidazole rings is 1. The van der Waals surface area contributed by atoms with Gasteiger partial charge in [0.1, 0.15) is 22.2 Å². The number of hydrogen-bond acceptors (Lipinski definition) is 8. The van der Waals surface area contributed by atoms with Gasteiger partial charge in [0, 0.05) is 0 Å². The number of aromatic amines is 1. The van der Waals surface area contributed by atoms with Gasteiger partial charge in [-0.05, 0) is 19.1 Å². The number of aryl methyl sites for hydroxylation is 1. The molecule has 2 heterocycles. The number of hydrogen-bond donors (Lipinski definition) is 2. The molecular formula is C15H14N4O3S2. The number of aliphatic hydroxyl groups is 1. The number of methoxy groups -OCH3 is 1. The van der Waals surface area contributed by atoms with E-state index in [0.29, 0.717) is 9.86 Å². The first-order valence-corrected chi connectivity index (χ1v) is 8.77. The Kier molecular flexibility index (Phi) is 4.81. The monoisotopic (exact) mass is 362 g/mol. The van der Waals surface area contributed by atoms with Crippen LogP contribution < -0.4 is 0 Å². The summed E-state index contributed by atoms with van der Waals surface area (Å²) in [5.41, 5.74) is 1.49. The van der Waals surface area contributed by atoms with Crippen LogP contribution in [0, 0.1) is 6.92 Å². The van der Waals surface area contributed by atoms with Gasteiger partial charge < -0.3 is 14.8 Å². The highest BCUT2D eigenvalue weighted by molar-refractivity contribution is 8.01. The lowest BCUT2D eigenvalue weighted by molar-refractivity contribution is -0.133. The van der Waals surface area contributed by atoms with Crippen LogP contribution in [-0.4, -0.2) is 44.1 Å². The number of para-hydroxylation sites is 2. The molecule has 124 valence electrons. The number of benzene rings is 1. The van der Waals surface area contributed by atoms with E-state index in [2.05, 4.69) is 20.2 Å². The number of H-pyrrole nitrogens is 1. The summed E-state index contributed by atoms with van der Waals surface area (Å²) in [7, 11) is 1.26. The van der Waals surface area contributed by atoms with Gasteiger partial charge in [-0.2, -0.15) is 0 Å². The van der Waals surface area contributed by atoms with Crippen LogP contribution in [-0.2, 0) is 9.53 Å². The van der Waals surface area contributed by atoms with Gasteiger partial charge in [0.15, 0.2) is 4.34 Å². The Morgan fingerprint density at radius 2 is 2.17 bits per heavy atom. The van der Waals surface area contributed by atoms with E-state index in [1.54, 1.807) is 0 Å². The second-order valence-corrected chi connectivity index (χ2v) is 7.20. The second-order valence-electron chi connectivity index (χ2n) is 4.79. The molecule has 0 bridgehead atoms. The smallest absolute Gasteiger partial charge is 0.345 e. The molecular weight excluding hydrogens is 348 g/mol. The number of rotatable bonds is 5. The standard InChI is InChI=1S/C15H14N4O3S2/c1-8-18-19-15(24-8)23-7-11(20)12(14(21)22-2)13-16-9-5-3-4-6-10(9)17-13/h3-6,20H,7H2,1-2H3,(H,16,17)/b12-11+. The number of aromatic nitrogens is 4. The van der Waals surface area contributed by atoms with Gasteiger partial charge in [-0.15, -0.1) is 10.2 Å². The molecule has 0 unspecified atom stereocenters. The molecule has 2 aromatic heterocycles. The number of carbonyl (C=O) groups excluding carboxylic acids is 1. The van der Waals surface area contributed by atoms with Gasteiger partial charge in [-0.3, -0.25) is 0 Å². The number of fused-ring (bicyclic) bond motifs is 1. The average Bonchev–Trinajstić information content (AvgIpc) is 3.18. The molecule has 3 aromatic rings. The van der Waals surface area contributed by atoms with Gasteiger partial charge in [-0.25, -0.2) is 9.78 Å². The number of thioether (sulfide) groups is 1. The lowest BCUT2D eigenvalue weighted by atomic mass is 10.2. The van der Waals surface area contributed by atoms with E-state index in [-0.39, 0.29) is 22.9 Å². The van der Waals surface area contributed by atoms with Crippen LogP contribution in [0.15, 0.2) is 34.4 Å². The minimum Gasteiger partial charge on any atom is -0.510 e. The topological polar surface area (TPSA) is 101 Å². The van der Waals surface area contributed by atoms with Crippen molar-refractivity contribution >= 4 is 45.7 Å². The first-order valence-electron chi connectivity index (χ1n) is 6.97. The third kappa shape index (κ3) is 3.41. The van der Waals surface area contributed by atoms with Crippen LogP contribution in [0.25, 0.3) is 16.6 Å². The normalized spacial score (nSPS) is 12.2. The molecule has 0 saturated heterocycles. The third-order valence-electron chi connectivity index (χ3n) is 3.14. The highest BCUT2D eigenvalue weighted by atomic mass is 32.2. The summed E-state index contributed by atoms with van der Waals surface area (Å²) in [5.74, 6) is -0.343. The van der Waals surface area contributed by atoms with Crippen molar-refractivity contribution in [3.63, 3.8) is 0 Å². The molecule has 0 amide bonds. The lowest BCUT2D eigenvalue weighted by Crippen LogP contribution is -2.09. The maximum absolute atomic E-state index is 12.1. The molecule has 0 saturated carbocycles. The zero-order valence-electron chi connectivity index (χ0n) is 12.9. The predicted octanol–water partition coefficient (Wildman–Crippen LogP) is 2.96. The summed E-state index contributed by atoms with van der Waals surface area (Å²) in [6, 6.07) is 7.37. The van der Waals surface area contributed by atoms with Crippen molar-refractivity contribution < 1.29 is 14.6 Å². The van der Waals surface area contributed by atoms with E-state index in [1.165, 1.54) is 30.2 Å². The average molecular weight is 362 g/mol. The van der Waals surface area contributed by atoms with E-state index in [9.17, 15) is 9.90 Å². The molecule has 24 heavy (non-hydrogen) atoms. The quantitative estimate of drug-likeness (QED) is 0.311. The number of esters is 1. The van der Waals surface area contributed by atoms with Crippen LogP contribution in [0.4, 0.5) is 0 Å². The van der Waals surface area contributed by atoms with Crippen molar-refractivity contribution in [2.24, 2.45) is 0 Å². The van der Waals surface area contributed by atoms with Crippen LogP contribution >= 0.6 is 23.1 Å². The van der Waals surface area contributed by atoms with Crippen molar-refractivity contribution in [1.82, 2.24) is 20.2 Å². The fourth-order valence-electron chi connectivity index (χ4n) is 2.06. The molecule has 2 N–H and O–H groups in total. The van der Waals surface area contributed by atoms with Crippen molar-refractivity contribution in [3.05, 3.63) is 40.9 Å². The second kappa shape index (κ2) is 7.02. The highest BCUT2D eigenvalue weighted by Gasteiger charge is 2.22. The SMILES string of the molecule is COC(=O)/C(=C(/O)CSc1nnc(C)s1)c1nc2ccccc2[nH]1. The zero-order chi connectivity index (χ0) is 17.1. The molecule has 9 heteroatoms. The summed E-state index contributed by atoms with van der Waals surface area (Å²) in [5, 5.41) is 19.1. The van der Waals surface area contributed by atoms with Crippen LogP contribution in [0.1, 0.15) is 10.8 Å². The number of nitrogens with zero attached hydrogens (tertiary/aromatic N) is 3. The van der Waals surface area contributed by atoms with E-state index in [4.69, 9.17) is 4.74 Å². The van der Waals surface area contributed by atoms with Crippen LogP contribution in [0.2, 0.25) is 0 Å². The maximum Gasteiger partial charge on any atom is 0.345 e. The Morgan fingerprint density at radius 1 is 1.38 bits per heavy atom. The highest BCUT2D eigenvalue weighted by Crippen LogP contribution is 2.27. The Hall–Kier alpha value is -2.39. The first kappa shape index (κ1) is 16.5. The summed E-state index contributed by atoms with van der Waals surface area (Å²) in [4.78, 5) is 19.5. The molecule has 0 aliphatic carbocycles. The Balaban J connectivity index is 1.93. The third-order valence-corrected chi connectivity index (χ3v) is 5.13. The molecule has 0 atom stereocenters. The molecule has 0 aliphatic heterocycles. The Morgan fingerprint density at radius 3 is 2.83 bits per heavy atom. The van der Waals surface area contributed by atoms with E-state index >= 15 is 0 Å². The predicted molar refractivity (Wildman–Crippen MR) is 93.0 cm³/mol. The molecule has 0 spiro atoms. The van der Waals surface area contributed by atoms with Gasteiger partial charge >= 0.3 is 5.97 Å². The fraction of sp³-hybridized carbons (Fsp3) is 0.200. The molecule has 7 nitrogen and oxygen atoms in total. The van der Waals surface area contributed by atoms with Gasteiger partial charge in [0.2, 0.25) is 0 Å². The number of nitrogens with one attached hydrogen (secondary N) is 1. The van der Waals surface area contributed by atoms with E-state index < -0.39 is 5.97 Å². The molecule has 0 fully saturated rings. The Labute approximate surface area is 145 Å². The van der Waals surface area contributed by atoms with Crippen molar-refractivity contribution in [2.45, 2.75) is 11.3 Å². The molecule has 1 aromatic carbocycles. The van der Waals surface area contributed by atoms with Crippen LogP contribution in [0.3, 0.4) is 0 Å². The fourth-order valence-corrected chi connectivity index (χ4v) is 3.76. The van der Waals surface area contributed by atoms with Crippen molar-refractivity contribution in [1.29, 1.82) is 0 Å². The van der Waals surface area contributed by atoms with Crippen molar-refractivity contribution in [3.8, 4) is 0 Å². The minimum absolute atomic E-state index is 0.0161. The van der Waals surface area contributed by atoms with E-state index in [0.717, 1.165) is 10.5 Å². The maximum atomic E-state index is 12.1. The number of ether oxygens (including phenoxy) is 1.